The van der Waals surface area contributed by atoms with E-state index in [4.69, 9.17) is 4.74 Å². The molecule has 4 rings (SSSR count). The second-order valence-electron chi connectivity index (χ2n) is 10.7. The third kappa shape index (κ3) is 2.98. The van der Waals surface area contributed by atoms with Gasteiger partial charge in [-0.25, -0.2) is 13.2 Å². The summed E-state index contributed by atoms with van der Waals surface area (Å²) in [5.74, 6) is -5.46. The standard InChI is InChI=1S/C25H31F3O5/c1-5-19(32)33-25(18(31)11-26)12(2)8-14-13-9-15(27)21-22(28)16(29)6-7-23(21,3)20(13)17(30)10-24(14,25)4/h6-7,12-15,17,20,30H,5,8-11H2,1-4H3/t12-,13-,14-,15-,17-,20+,23+,24-,25-/m0/s1. The number of Topliss-reactive ketones (excluding diaryl/α,β-unsaturated/α-hetero) is 1. The van der Waals surface area contributed by atoms with Crippen LogP contribution in [0.15, 0.2) is 23.6 Å². The predicted octanol–water partition coefficient (Wildman–Crippen LogP) is 3.99. The Balaban J connectivity index is 1.85. The van der Waals surface area contributed by atoms with E-state index in [1.807, 2.05) is 0 Å². The van der Waals surface area contributed by atoms with Gasteiger partial charge in [-0.1, -0.05) is 33.8 Å². The summed E-state index contributed by atoms with van der Waals surface area (Å²) in [7, 11) is 0. The molecule has 0 unspecified atom stereocenters. The molecule has 3 fully saturated rings. The quantitative estimate of drug-likeness (QED) is 0.631. The zero-order valence-corrected chi connectivity index (χ0v) is 19.4. The summed E-state index contributed by atoms with van der Waals surface area (Å²) < 4.78 is 49.8. The molecular formula is C25H31F3O5. The number of carbonyl (C=O) groups excluding carboxylic acids is 3. The smallest absolute Gasteiger partial charge is 0.306 e. The topological polar surface area (TPSA) is 80.7 Å². The van der Waals surface area contributed by atoms with E-state index in [1.165, 1.54) is 6.08 Å². The van der Waals surface area contributed by atoms with Crippen LogP contribution in [0.5, 0.6) is 0 Å². The fourth-order valence-electron chi connectivity index (χ4n) is 7.97. The number of hydrogen-bond acceptors (Lipinski definition) is 5. The fourth-order valence-corrected chi connectivity index (χ4v) is 7.97. The summed E-state index contributed by atoms with van der Waals surface area (Å²) in [6.07, 6.45) is -0.0120. The summed E-state index contributed by atoms with van der Waals surface area (Å²) in [4.78, 5) is 37.3. The molecule has 0 radical (unpaired) electrons. The van der Waals surface area contributed by atoms with Crippen LogP contribution in [0, 0.1) is 34.5 Å². The maximum absolute atomic E-state index is 15.5. The SMILES string of the molecule is CCC(=O)O[C@]1(C(=O)CF)[C@@H](C)C[C@H]2[C@@H]3C[C@H](F)C4=C(F)C(=O)C=C[C@]4(C)[C@H]3[C@@H](O)C[C@@]21C. The Kier molecular flexibility index (Phi) is 5.70. The van der Waals surface area contributed by atoms with E-state index >= 15 is 4.39 Å². The van der Waals surface area contributed by atoms with E-state index in [2.05, 4.69) is 0 Å². The van der Waals surface area contributed by atoms with Crippen molar-refractivity contribution >= 4 is 17.5 Å². The highest BCUT2D eigenvalue weighted by molar-refractivity contribution is 6.04. The molecule has 4 aliphatic rings. The Morgan fingerprint density at radius 3 is 2.55 bits per heavy atom. The van der Waals surface area contributed by atoms with E-state index in [1.54, 1.807) is 27.7 Å². The molecule has 5 nitrogen and oxygen atoms in total. The van der Waals surface area contributed by atoms with E-state index in [-0.39, 0.29) is 30.8 Å². The Bertz CT molecular complexity index is 960. The molecule has 0 aromatic heterocycles. The van der Waals surface area contributed by atoms with Crippen molar-refractivity contribution in [3.05, 3.63) is 23.6 Å². The van der Waals surface area contributed by atoms with Gasteiger partial charge in [0.25, 0.3) is 0 Å². The molecular weight excluding hydrogens is 437 g/mol. The minimum Gasteiger partial charge on any atom is -0.450 e. The normalized spacial score (nSPS) is 46.5. The van der Waals surface area contributed by atoms with Crippen molar-refractivity contribution in [3.8, 4) is 0 Å². The molecule has 1 N–H and O–H groups in total. The fraction of sp³-hybridized carbons (Fsp3) is 0.720. The number of allylic oxidation sites excluding steroid dienone is 4. The monoisotopic (exact) mass is 468 g/mol. The Morgan fingerprint density at radius 2 is 1.94 bits per heavy atom. The Morgan fingerprint density at radius 1 is 1.27 bits per heavy atom. The summed E-state index contributed by atoms with van der Waals surface area (Å²) >= 11 is 0. The first-order valence-electron chi connectivity index (χ1n) is 11.7. The number of halogens is 3. The van der Waals surface area contributed by atoms with Crippen LogP contribution in [0.1, 0.15) is 53.4 Å². The summed E-state index contributed by atoms with van der Waals surface area (Å²) in [6.45, 7) is 5.34. The molecule has 0 aliphatic heterocycles. The average molecular weight is 469 g/mol. The molecule has 0 spiro atoms. The number of ether oxygens (including phenoxy) is 1. The highest BCUT2D eigenvalue weighted by Crippen LogP contribution is 2.69. The summed E-state index contributed by atoms with van der Waals surface area (Å²) in [5, 5.41) is 11.4. The van der Waals surface area contributed by atoms with E-state index in [0.717, 1.165) is 6.08 Å². The lowest BCUT2D eigenvalue weighted by atomic mass is 9.45. The number of alkyl halides is 2. The lowest BCUT2D eigenvalue weighted by molar-refractivity contribution is -0.205. The van der Waals surface area contributed by atoms with Crippen molar-refractivity contribution in [2.45, 2.75) is 71.3 Å². The van der Waals surface area contributed by atoms with E-state index in [9.17, 15) is 28.3 Å². The van der Waals surface area contributed by atoms with Crippen LogP contribution in [0.3, 0.4) is 0 Å². The molecule has 0 bridgehead atoms. The third-order valence-corrected chi connectivity index (χ3v) is 9.19. The molecule has 0 amide bonds. The average Bonchev–Trinajstić information content (AvgIpc) is 2.97. The van der Waals surface area contributed by atoms with Gasteiger partial charge >= 0.3 is 5.97 Å². The third-order valence-electron chi connectivity index (χ3n) is 9.19. The lowest BCUT2D eigenvalue weighted by Gasteiger charge is -2.60. The maximum atomic E-state index is 15.5. The van der Waals surface area contributed by atoms with Gasteiger partial charge in [0.2, 0.25) is 11.6 Å². The van der Waals surface area contributed by atoms with Gasteiger partial charge in [0.1, 0.15) is 6.17 Å². The number of rotatable bonds is 4. The number of fused-ring (bicyclic) bond motifs is 5. The number of aliphatic hydroxyl groups excluding tert-OH is 1. The van der Waals surface area contributed by atoms with Crippen molar-refractivity contribution in [2.24, 2.45) is 34.5 Å². The van der Waals surface area contributed by atoms with Crippen LogP contribution in [-0.4, -0.2) is 47.2 Å². The van der Waals surface area contributed by atoms with Gasteiger partial charge in [-0.15, -0.1) is 0 Å². The zero-order valence-electron chi connectivity index (χ0n) is 19.4. The number of hydrogen-bond donors (Lipinski definition) is 1. The number of aliphatic hydroxyl groups is 1. The van der Waals surface area contributed by atoms with Crippen LogP contribution in [0.4, 0.5) is 13.2 Å². The highest BCUT2D eigenvalue weighted by Gasteiger charge is 2.73. The molecule has 33 heavy (non-hydrogen) atoms. The number of esters is 1. The second-order valence-corrected chi connectivity index (χ2v) is 10.7. The predicted molar refractivity (Wildman–Crippen MR) is 113 cm³/mol. The molecule has 0 aromatic rings. The van der Waals surface area contributed by atoms with Gasteiger partial charge in [0, 0.05) is 34.7 Å². The molecule has 8 heteroatoms. The van der Waals surface area contributed by atoms with Crippen LogP contribution < -0.4 is 0 Å². The largest absolute Gasteiger partial charge is 0.450 e. The van der Waals surface area contributed by atoms with Gasteiger partial charge < -0.3 is 9.84 Å². The van der Waals surface area contributed by atoms with Gasteiger partial charge in [0.05, 0.1) is 6.10 Å². The minimum atomic E-state index is -1.77. The zero-order chi connectivity index (χ0) is 24.5. The number of ketones is 2. The van der Waals surface area contributed by atoms with Crippen LogP contribution in [0.2, 0.25) is 0 Å². The van der Waals surface area contributed by atoms with Gasteiger partial charge in [-0.2, -0.15) is 0 Å². The summed E-state index contributed by atoms with van der Waals surface area (Å²) in [5.41, 5.74) is -4.32. The van der Waals surface area contributed by atoms with Crippen molar-refractivity contribution in [1.82, 2.24) is 0 Å². The Hall–Kier alpha value is -1.96. The molecule has 3 saturated carbocycles. The Labute approximate surface area is 191 Å². The van der Waals surface area contributed by atoms with Crippen LogP contribution in [0.25, 0.3) is 0 Å². The minimum absolute atomic E-state index is 0.000267. The van der Waals surface area contributed by atoms with Gasteiger partial charge in [-0.05, 0) is 37.2 Å². The first-order valence-corrected chi connectivity index (χ1v) is 11.7. The molecule has 4 aliphatic carbocycles. The summed E-state index contributed by atoms with van der Waals surface area (Å²) in [6, 6.07) is 0. The molecule has 0 saturated heterocycles. The first kappa shape index (κ1) is 24.2. The molecule has 0 aromatic carbocycles. The number of carbonyl (C=O) groups is 3. The molecule has 0 heterocycles. The van der Waals surface area contributed by atoms with Crippen molar-refractivity contribution in [1.29, 1.82) is 0 Å². The van der Waals surface area contributed by atoms with E-state index < -0.39 is 76.5 Å². The van der Waals surface area contributed by atoms with Crippen molar-refractivity contribution in [3.63, 3.8) is 0 Å². The second kappa shape index (κ2) is 7.79. The maximum Gasteiger partial charge on any atom is 0.306 e. The molecule has 9 atom stereocenters. The lowest BCUT2D eigenvalue weighted by Crippen LogP contribution is -2.64. The van der Waals surface area contributed by atoms with Crippen molar-refractivity contribution in [2.75, 3.05) is 6.67 Å². The van der Waals surface area contributed by atoms with Gasteiger partial charge in [0.15, 0.2) is 18.1 Å². The van der Waals surface area contributed by atoms with Gasteiger partial charge in [-0.3, -0.25) is 14.4 Å². The van der Waals surface area contributed by atoms with Crippen LogP contribution >= 0.6 is 0 Å². The van der Waals surface area contributed by atoms with E-state index in [0.29, 0.717) is 6.42 Å². The first-order chi connectivity index (χ1) is 15.4. The van der Waals surface area contributed by atoms with Crippen molar-refractivity contribution < 1.29 is 37.4 Å². The van der Waals surface area contributed by atoms with Crippen LogP contribution in [-0.2, 0) is 19.1 Å². The molecule has 182 valence electrons. The highest BCUT2D eigenvalue weighted by atomic mass is 19.1.